The Hall–Kier alpha value is -1.66. The fourth-order valence-electron chi connectivity index (χ4n) is 3.51. The highest BCUT2D eigenvalue weighted by molar-refractivity contribution is 6.39. The van der Waals surface area contributed by atoms with Crippen molar-refractivity contribution in [2.75, 3.05) is 13.1 Å². The number of rotatable bonds is 3. The van der Waals surface area contributed by atoms with Gasteiger partial charge in [-0.1, -0.05) is 5.16 Å². The maximum Gasteiger partial charge on any atom is 0.269 e. The molecule has 1 spiro atoms. The number of hydrogen-bond acceptors (Lipinski definition) is 4. The maximum absolute atomic E-state index is 14.3. The summed E-state index contributed by atoms with van der Waals surface area (Å²) in [5.41, 5.74) is -1.68. The zero-order valence-electron chi connectivity index (χ0n) is 13.1. The number of alkyl halides is 1. The average Bonchev–Trinajstić information content (AvgIpc) is 3.24. The van der Waals surface area contributed by atoms with Crippen molar-refractivity contribution in [1.29, 1.82) is 0 Å². The molecule has 2 aliphatic heterocycles. The lowest BCUT2D eigenvalue weighted by Crippen LogP contribution is -2.55. The van der Waals surface area contributed by atoms with Crippen molar-refractivity contribution in [1.82, 2.24) is 10.2 Å². The van der Waals surface area contributed by atoms with E-state index in [0.717, 1.165) is 19.3 Å². The molecule has 4 rings (SSSR count). The summed E-state index contributed by atoms with van der Waals surface area (Å²) in [4.78, 5) is 31.4. The molecule has 7 heteroatoms. The van der Waals surface area contributed by atoms with Crippen molar-refractivity contribution in [3.05, 3.63) is 0 Å². The van der Waals surface area contributed by atoms with Gasteiger partial charge < -0.3 is 15.1 Å². The van der Waals surface area contributed by atoms with E-state index in [9.17, 15) is 14.0 Å². The zero-order valence-corrected chi connectivity index (χ0v) is 13.1. The molecule has 2 aliphatic carbocycles. The molecule has 3 fully saturated rings. The Balaban J connectivity index is 1.31. The Kier molecular flexibility index (Phi) is 3.35. The lowest BCUT2D eigenvalue weighted by molar-refractivity contribution is -0.155. The first-order chi connectivity index (χ1) is 11.0. The van der Waals surface area contributed by atoms with E-state index in [1.165, 1.54) is 0 Å². The number of hydrogen-bond donors (Lipinski definition) is 1. The van der Waals surface area contributed by atoms with Crippen LogP contribution in [0.1, 0.15) is 51.4 Å². The molecule has 2 amide bonds. The van der Waals surface area contributed by atoms with Gasteiger partial charge in [-0.15, -0.1) is 0 Å². The van der Waals surface area contributed by atoms with Crippen LogP contribution in [-0.4, -0.2) is 52.8 Å². The van der Waals surface area contributed by atoms with Gasteiger partial charge in [0.25, 0.3) is 11.8 Å². The quantitative estimate of drug-likeness (QED) is 0.851. The van der Waals surface area contributed by atoms with Crippen molar-refractivity contribution in [3.63, 3.8) is 0 Å². The van der Waals surface area contributed by atoms with Crippen molar-refractivity contribution < 1.29 is 18.8 Å². The maximum atomic E-state index is 14.3. The van der Waals surface area contributed by atoms with Crippen molar-refractivity contribution in [2.45, 2.75) is 68.7 Å². The SMILES string of the molecule is O=C(NC1CC1)C1=NOC2(CCN(C(=O)C3(F)CCC3)CC2)C1. The van der Waals surface area contributed by atoms with Crippen molar-refractivity contribution >= 4 is 17.5 Å². The number of oxime groups is 1. The van der Waals surface area contributed by atoms with E-state index in [-0.39, 0.29) is 11.8 Å². The molecule has 0 bridgehead atoms. The molecule has 2 saturated carbocycles. The lowest BCUT2D eigenvalue weighted by Gasteiger charge is -2.42. The molecule has 4 aliphatic rings. The van der Waals surface area contributed by atoms with Gasteiger partial charge in [-0.25, -0.2) is 4.39 Å². The number of likely N-dealkylation sites (tertiary alicyclic amines) is 1. The molecule has 23 heavy (non-hydrogen) atoms. The Bertz CT molecular complexity index is 561. The molecule has 126 valence electrons. The third-order valence-electron chi connectivity index (χ3n) is 5.51. The Labute approximate surface area is 134 Å². The van der Waals surface area contributed by atoms with Crippen LogP contribution in [0.25, 0.3) is 0 Å². The monoisotopic (exact) mass is 323 g/mol. The van der Waals surface area contributed by atoms with Gasteiger partial charge in [0.2, 0.25) is 0 Å². The van der Waals surface area contributed by atoms with Crippen LogP contribution in [0.15, 0.2) is 5.16 Å². The lowest BCUT2D eigenvalue weighted by atomic mass is 9.79. The number of amides is 2. The van der Waals surface area contributed by atoms with Gasteiger partial charge in [0.15, 0.2) is 5.67 Å². The van der Waals surface area contributed by atoms with Gasteiger partial charge in [-0.05, 0) is 32.1 Å². The first-order valence-electron chi connectivity index (χ1n) is 8.54. The predicted octanol–water partition coefficient (Wildman–Crippen LogP) is 1.29. The van der Waals surface area contributed by atoms with Crippen LogP contribution < -0.4 is 5.32 Å². The predicted molar refractivity (Wildman–Crippen MR) is 80.5 cm³/mol. The standard InChI is InChI=1S/C16H22FN3O3/c17-16(4-1-5-16)14(22)20-8-6-15(7-9-20)10-12(19-23-15)13(21)18-11-2-3-11/h11H,1-10H2,(H,18,21). The molecular weight excluding hydrogens is 301 g/mol. The van der Waals surface area contributed by atoms with Gasteiger partial charge in [-0.2, -0.15) is 0 Å². The molecule has 0 unspecified atom stereocenters. The topological polar surface area (TPSA) is 71.0 Å². The fraction of sp³-hybridized carbons (Fsp3) is 0.812. The van der Waals surface area contributed by atoms with Gasteiger partial charge >= 0.3 is 0 Å². The van der Waals surface area contributed by atoms with Gasteiger partial charge in [0.05, 0.1) is 0 Å². The first-order valence-corrected chi connectivity index (χ1v) is 8.54. The molecule has 0 aromatic rings. The Morgan fingerprint density at radius 1 is 1.22 bits per heavy atom. The highest BCUT2D eigenvalue weighted by Gasteiger charge is 2.50. The number of nitrogens with one attached hydrogen (secondary N) is 1. The van der Waals surface area contributed by atoms with Crippen molar-refractivity contribution in [3.8, 4) is 0 Å². The number of halogens is 1. The van der Waals surface area contributed by atoms with Crippen molar-refractivity contribution in [2.24, 2.45) is 5.16 Å². The van der Waals surface area contributed by atoms with E-state index in [4.69, 9.17) is 4.84 Å². The van der Waals surface area contributed by atoms with Crippen LogP contribution in [0.2, 0.25) is 0 Å². The minimum absolute atomic E-state index is 0.139. The average molecular weight is 323 g/mol. The molecule has 0 aromatic carbocycles. The van der Waals surface area contributed by atoms with E-state index in [1.54, 1.807) is 4.90 Å². The highest BCUT2D eigenvalue weighted by atomic mass is 19.1. The van der Waals surface area contributed by atoms with E-state index in [0.29, 0.717) is 56.9 Å². The fourth-order valence-corrected chi connectivity index (χ4v) is 3.51. The van der Waals surface area contributed by atoms with Gasteiger partial charge in [-0.3, -0.25) is 9.59 Å². The van der Waals surface area contributed by atoms with Gasteiger partial charge in [0, 0.05) is 38.4 Å². The molecule has 0 radical (unpaired) electrons. The van der Waals surface area contributed by atoms with E-state index < -0.39 is 11.3 Å². The smallest absolute Gasteiger partial charge is 0.269 e. The summed E-state index contributed by atoms with van der Waals surface area (Å²) < 4.78 is 14.3. The van der Waals surface area contributed by atoms with E-state index in [1.807, 2.05) is 0 Å². The number of carbonyl (C=O) groups excluding carboxylic acids is 2. The summed E-state index contributed by atoms with van der Waals surface area (Å²) >= 11 is 0. The molecular formula is C16H22FN3O3. The van der Waals surface area contributed by atoms with E-state index in [2.05, 4.69) is 10.5 Å². The normalized spacial score (nSPS) is 27.9. The van der Waals surface area contributed by atoms with Crippen LogP contribution in [0.5, 0.6) is 0 Å². The first kappa shape index (κ1) is 14.9. The minimum atomic E-state index is -1.63. The summed E-state index contributed by atoms with van der Waals surface area (Å²) in [5.74, 6) is -0.510. The highest BCUT2D eigenvalue weighted by Crippen LogP contribution is 2.40. The molecule has 1 saturated heterocycles. The second kappa shape index (κ2) is 5.18. The molecule has 1 N–H and O–H groups in total. The minimum Gasteiger partial charge on any atom is -0.388 e. The largest absolute Gasteiger partial charge is 0.388 e. The third kappa shape index (κ3) is 2.70. The van der Waals surface area contributed by atoms with Crippen LogP contribution in [0.4, 0.5) is 4.39 Å². The zero-order chi connectivity index (χ0) is 16.1. The van der Waals surface area contributed by atoms with E-state index >= 15 is 0 Å². The molecule has 0 atom stereocenters. The summed E-state index contributed by atoms with van der Waals surface area (Å²) in [5, 5.41) is 6.88. The Morgan fingerprint density at radius 2 is 1.91 bits per heavy atom. The second-order valence-corrected chi connectivity index (χ2v) is 7.35. The number of carbonyl (C=O) groups is 2. The van der Waals surface area contributed by atoms with Crippen LogP contribution in [0, 0.1) is 0 Å². The molecule has 6 nitrogen and oxygen atoms in total. The number of nitrogens with zero attached hydrogens (tertiary/aromatic N) is 2. The Morgan fingerprint density at radius 3 is 2.48 bits per heavy atom. The third-order valence-corrected chi connectivity index (χ3v) is 5.51. The second-order valence-electron chi connectivity index (χ2n) is 7.35. The summed E-state index contributed by atoms with van der Waals surface area (Å²) in [6.45, 7) is 0.940. The van der Waals surface area contributed by atoms with Gasteiger partial charge in [0.1, 0.15) is 11.3 Å². The van der Waals surface area contributed by atoms with Crippen LogP contribution in [-0.2, 0) is 14.4 Å². The van der Waals surface area contributed by atoms with Crippen LogP contribution in [0.3, 0.4) is 0 Å². The summed E-state index contributed by atoms with van der Waals surface area (Å²) in [6.07, 6.45) is 5.22. The summed E-state index contributed by atoms with van der Waals surface area (Å²) in [7, 11) is 0. The number of piperidine rings is 1. The van der Waals surface area contributed by atoms with Crippen LogP contribution >= 0.6 is 0 Å². The molecule has 2 heterocycles. The molecule has 0 aromatic heterocycles. The summed E-state index contributed by atoms with van der Waals surface area (Å²) in [6, 6.07) is 0.296.